The molecule has 1 heterocycles. The average Bonchev–Trinajstić information content (AvgIpc) is 3.03. The summed E-state index contributed by atoms with van der Waals surface area (Å²) in [6.07, 6.45) is 7.06. The van der Waals surface area contributed by atoms with E-state index in [4.69, 9.17) is 9.84 Å². The summed E-state index contributed by atoms with van der Waals surface area (Å²) in [7, 11) is 0. The molecule has 4 rings (SSSR count). The van der Waals surface area contributed by atoms with Crippen molar-refractivity contribution in [1.82, 2.24) is 4.90 Å². The number of amides is 1. The Morgan fingerprint density at radius 3 is 2.52 bits per heavy atom. The molecule has 2 aromatic rings. The van der Waals surface area contributed by atoms with E-state index in [2.05, 4.69) is 41.3 Å². The van der Waals surface area contributed by atoms with Gasteiger partial charge in [-0.1, -0.05) is 61.7 Å². The van der Waals surface area contributed by atoms with Crippen molar-refractivity contribution in [3.63, 3.8) is 0 Å². The topological polar surface area (TPSA) is 49.8 Å². The lowest BCUT2D eigenvalue weighted by Gasteiger charge is -2.32. The Bertz CT molecular complexity index is 824. The van der Waals surface area contributed by atoms with Gasteiger partial charge in [-0.2, -0.15) is 0 Å². The molecule has 4 heteroatoms. The van der Waals surface area contributed by atoms with Crippen molar-refractivity contribution in [2.45, 2.75) is 51.7 Å². The van der Waals surface area contributed by atoms with Crippen LogP contribution in [-0.2, 0) is 22.7 Å². The Labute approximate surface area is 173 Å². The van der Waals surface area contributed by atoms with Crippen molar-refractivity contribution < 1.29 is 14.6 Å². The standard InChI is InChI=1S/C25H31NO3/c27-13-14-29-18-21-5-4-6-23(15-21)22-9-7-20(8-10-22)17-26-19-25(16-24(26)28)11-2-1-3-12-25/h4-10,15,27H,1-3,11-14,16-19H2. The number of rotatable bonds is 7. The lowest BCUT2D eigenvalue weighted by Crippen LogP contribution is -2.29. The zero-order valence-corrected chi connectivity index (χ0v) is 17.1. The number of hydrogen-bond acceptors (Lipinski definition) is 3. The summed E-state index contributed by atoms with van der Waals surface area (Å²) in [5, 5.41) is 8.84. The van der Waals surface area contributed by atoms with Crippen LogP contribution in [0.2, 0.25) is 0 Å². The highest BCUT2D eigenvalue weighted by Gasteiger charge is 2.43. The summed E-state index contributed by atoms with van der Waals surface area (Å²) in [4.78, 5) is 14.7. The van der Waals surface area contributed by atoms with Gasteiger partial charge in [0.05, 0.1) is 19.8 Å². The van der Waals surface area contributed by atoms with Crippen LogP contribution in [0.25, 0.3) is 11.1 Å². The lowest BCUT2D eigenvalue weighted by atomic mass is 9.73. The third-order valence-corrected chi connectivity index (χ3v) is 6.41. The number of aliphatic hydroxyl groups is 1. The minimum Gasteiger partial charge on any atom is -0.394 e. The fourth-order valence-electron chi connectivity index (χ4n) is 4.88. The van der Waals surface area contributed by atoms with Crippen LogP contribution in [-0.4, -0.2) is 35.7 Å². The molecule has 0 aromatic heterocycles. The minimum atomic E-state index is 0.0434. The SMILES string of the molecule is O=C1CC2(CCCCC2)CN1Cc1ccc(-c2cccc(COCCO)c2)cc1. The number of carbonyl (C=O) groups is 1. The van der Waals surface area contributed by atoms with E-state index < -0.39 is 0 Å². The van der Waals surface area contributed by atoms with Crippen LogP contribution in [0.5, 0.6) is 0 Å². The van der Waals surface area contributed by atoms with E-state index in [1.165, 1.54) is 37.7 Å². The number of likely N-dealkylation sites (tertiary alicyclic amines) is 1. The molecule has 0 unspecified atom stereocenters. The van der Waals surface area contributed by atoms with Gasteiger partial charge >= 0.3 is 0 Å². The van der Waals surface area contributed by atoms with Gasteiger partial charge in [0.2, 0.25) is 5.91 Å². The first-order valence-corrected chi connectivity index (χ1v) is 10.8. The van der Waals surface area contributed by atoms with E-state index >= 15 is 0 Å². The number of ether oxygens (including phenoxy) is 1. The Hall–Kier alpha value is -2.17. The van der Waals surface area contributed by atoms with Gasteiger partial charge in [0.15, 0.2) is 0 Å². The highest BCUT2D eigenvalue weighted by molar-refractivity contribution is 5.79. The quantitative estimate of drug-likeness (QED) is 0.703. The van der Waals surface area contributed by atoms with E-state index in [0.29, 0.717) is 19.1 Å². The monoisotopic (exact) mass is 393 g/mol. The third-order valence-electron chi connectivity index (χ3n) is 6.41. The van der Waals surface area contributed by atoms with Gasteiger partial charge in [-0.25, -0.2) is 0 Å². The molecule has 2 fully saturated rings. The Morgan fingerprint density at radius 2 is 1.76 bits per heavy atom. The molecule has 0 bridgehead atoms. The highest BCUT2D eigenvalue weighted by atomic mass is 16.5. The van der Waals surface area contributed by atoms with Gasteiger partial charge in [-0.05, 0) is 46.6 Å². The van der Waals surface area contributed by atoms with Gasteiger partial charge in [-0.3, -0.25) is 4.79 Å². The molecule has 154 valence electrons. The predicted octanol–water partition coefficient (Wildman–Crippen LogP) is 4.55. The fourth-order valence-corrected chi connectivity index (χ4v) is 4.88. The zero-order chi connectivity index (χ0) is 20.1. The second kappa shape index (κ2) is 9.10. The summed E-state index contributed by atoms with van der Waals surface area (Å²) >= 11 is 0. The van der Waals surface area contributed by atoms with Crippen molar-refractivity contribution in [3.8, 4) is 11.1 Å². The Morgan fingerprint density at radius 1 is 0.966 bits per heavy atom. The van der Waals surface area contributed by atoms with Crippen LogP contribution in [0.1, 0.15) is 49.7 Å². The summed E-state index contributed by atoms with van der Waals surface area (Å²) in [5.41, 5.74) is 4.86. The zero-order valence-electron chi connectivity index (χ0n) is 17.1. The van der Waals surface area contributed by atoms with Gasteiger partial charge in [0.1, 0.15) is 0 Å². The largest absolute Gasteiger partial charge is 0.394 e. The van der Waals surface area contributed by atoms with Crippen molar-refractivity contribution >= 4 is 5.91 Å². The number of carbonyl (C=O) groups excluding carboxylic acids is 1. The fraction of sp³-hybridized carbons (Fsp3) is 0.480. The number of benzene rings is 2. The normalized spacial score (nSPS) is 18.5. The Kier molecular flexibility index (Phi) is 6.31. The van der Waals surface area contributed by atoms with Crippen LogP contribution in [0.4, 0.5) is 0 Å². The molecule has 1 N–H and O–H groups in total. The van der Waals surface area contributed by atoms with E-state index in [1.54, 1.807) is 0 Å². The van der Waals surface area contributed by atoms with E-state index in [1.807, 2.05) is 12.1 Å². The molecule has 2 aliphatic rings. The number of hydrogen-bond donors (Lipinski definition) is 1. The van der Waals surface area contributed by atoms with Gasteiger partial charge in [0, 0.05) is 19.5 Å². The lowest BCUT2D eigenvalue weighted by molar-refractivity contribution is -0.128. The summed E-state index contributed by atoms with van der Waals surface area (Å²) < 4.78 is 5.42. The molecule has 29 heavy (non-hydrogen) atoms. The first-order chi connectivity index (χ1) is 14.2. The van der Waals surface area contributed by atoms with Crippen molar-refractivity contribution in [3.05, 3.63) is 59.7 Å². The Balaban J connectivity index is 1.39. The van der Waals surface area contributed by atoms with Crippen molar-refractivity contribution in [2.24, 2.45) is 5.41 Å². The minimum absolute atomic E-state index is 0.0434. The molecule has 1 aliphatic heterocycles. The summed E-state index contributed by atoms with van der Waals surface area (Å²) in [6.45, 7) is 2.56. The third kappa shape index (κ3) is 4.88. The smallest absolute Gasteiger partial charge is 0.223 e. The molecule has 1 saturated carbocycles. The van der Waals surface area contributed by atoms with Gasteiger partial charge < -0.3 is 14.7 Å². The van der Waals surface area contributed by atoms with Gasteiger partial charge in [-0.15, -0.1) is 0 Å². The molecule has 1 amide bonds. The first kappa shape index (κ1) is 20.1. The van der Waals surface area contributed by atoms with Crippen LogP contribution >= 0.6 is 0 Å². The maximum Gasteiger partial charge on any atom is 0.223 e. The molecule has 1 aliphatic carbocycles. The van der Waals surface area contributed by atoms with Crippen LogP contribution in [0.15, 0.2) is 48.5 Å². The molecule has 0 radical (unpaired) electrons. The van der Waals surface area contributed by atoms with Crippen molar-refractivity contribution in [2.75, 3.05) is 19.8 Å². The maximum absolute atomic E-state index is 12.6. The van der Waals surface area contributed by atoms with Crippen LogP contribution < -0.4 is 0 Å². The second-order valence-electron chi connectivity index (χ2n) is 8.66. The van der Waals surface area contributed by atoms with E-state index in [-0.39, 0.29) is 12.0 Å². The molecule has 1 saturated heterocycles. The number of nitrogens with zero attached hydrogens (tertiary/aromatic N) is 1. The van der Waals surface area contributed by atoms with E-state index in [9.17, 15) is 4.79 Å². The predicted molar refractivity (Wildman–Crippen MR) is 114 cm³/mol. The average molecular weight is 394 g/mol. The molecular formula is C25H31NO3. The molecular weight excluding hydrogens is 362 g/mol. The van der Waals surface area contributed by atoms with Gasteiger partial charge in [0.25, 0.3) is 0 Å². The summed E-state index contributed by atoms with van der Waals surface area (Å²) in [5.74, 6) is 0.326. The van der Waals surface area contributed by atoms with Crippen molar-refractivity contribution in [1.29, 1.82) is 0 Å². The molecule has 2 aromatic carbocycles. The number of aliphatic hydroxyl groups excluding tert-OH is 1. The maximum atomic E-state index is 12.6. The second-order valence-corrected chi connectivity index (χ2v) is 8.66. The summed E-state index contributed by atoms with van der Waals surface area (Å²) in [6, 6.07) is 16.9. The molecule has 4 nitrogen and oxygen atoms in total. The first-order valence-electron chi connectivity index (χ1n) is 10.8. The van der Waals surface area contributed by atoms with Crippen LogP contribution in [0.3, 0.4) is 0 Å². The van der Waals surface area contributed by atoms with E-state index in [0.717, 1.165) is 36.2 Å². The molecule has 1 spiro atoms. The van der Waals surface area contributed by atoms with Crippen LogP contribution in [0, 0.1) is 5.41 Å². The highest BCUT2D eigenvalue weighted by Crippen LogP contribution is 2.44. The molecule has 0 atom stereocenters.